The summed E-state index contributed by atoms with van der Waals surface area (Å²) in [5.41, 5.74) is -1.54. The Morgan fingerprint density at radius 3 is 2.50 bits per heavy atom. The van der Waals surface area contributed by atoms with Crippen LogP contribution in [0, 0.1) is 4.77 Å². The van der Waals surface area contributed by atoms with Crippen molar-refractivity contribution in [1.29, 1.82) is 0 Å². The van der Waals surface area contributed by atoms with Gasteiger partial charge in [0.1, 0.15) is 0 Å². The second kappa shape index (κ2) is 2.43. The first-order valence-corrected chi connectivity index (χ1v) is 3.07. The van der Waals surface area contributed by atoms with Crippen molar-refractivity contribution in [1.82, 2.24) is 14.2 Å². The molecule has 1 heterocycles. The van der Waals surface area contributed by atoms with Gasteiger partial charge < -0.3 is 0 Å². The van der Waals surface area contributed by atoms with E-state index < -0.39 is 11.1 Å². The van der Waals surface area contributed by atoms with Crippen molar-refractivity contribution in [2.45, 2.75) is 0 Å². The number of rotatable bonds is 0. The molecule has 0 saturated heterocycles. The molecule has 1 aromatic heterocycles. The van der Waals surface area contributed by atoms with Gasteiger partial charge in [0.15, 0.2) is 0 Å². The molecule has 0 spiro atoms. The van der Waals surface area contributed by atoms with Gasteiger partial charge in [-0.3, -0.25) is 14.6 Å². The molecular formula is C3H3N3O2S2. The lowest BCUT2D eigenvalue weighted by Gasteiger charge is -1.91. The number of nitrogens with one attached hydrogen (secondary N) is 2. The third-order valence-corrected chi connectivity index (χ3v) is 1.55. The molecule has 0 aliphatic heterocycles. The van der Waals surface area contributed by atoms with Crippen molar-refractivity contribution < 1.29 is 0 Å². The lowest BCUT2D eigenvalue weighted by molar-refractivity contribution is 0.841. The van der Waals surface area contributed by atoms with E-state index >= 15 is 0 Å². The average Bonchev–Trinajstić information content (AvgIpc) is 1.84. The monoisotopic (exact) mass is 177 g/mol. The van der Waals surface area contributed by atoms with E-state index in [2.05, 4.69) is 35.1 Å². The number of thiol groups is 1. The first kappa shape index (κ1) is 7.29. The quantitative estimate of drug-likeness (QED) is 0.278. The highest BCUT2D eigenvalue weighted by molar-refractivity contribution is 7.79. The van der Waals surface area contributed by atoms with Crippen LogP contribution in [0.2, 0.25) is 0 Å². The van der Waals surface area contributed by atoms with Crippen LogP contribution in [-0.4, -0.2) is 14.2 Å². The Morgan fingerprint density at radius 2 is 2.00 bits per heavy atom. The zero-order valence-electron chi connectivity index (χ0n) is 4.62. The Labute approximate surface area is 65.2 Å². The summed E-state index contributed by atoms with van der Waals surface area (Å²) in [6.07, 6.45) is 0. The highest BCUT2D eigenvalue weighted by Crippen LogP contribution is 1.77. The van der Waals surface area contributed by atoms with Crippen LogP contribution in [0.25, 0.3) is 0 Å². The zero-order chi connectivity index (χ0) is 7.72. The topological polar surface area (TPSA) is 70.7 Å². The Hall–Kier alpha value is -0.820. The molecule has 0 unspecified atom stereocenters. The molecular weight excluding hydrogens is 174 g/mol. The molecule has 2 N–H and O–H groups in total. The van der Waals surface area contributed by atoms with Crippen LogP contribution in [0.5, 0.6) is 0 Å². The Bertz CT molecular complexity index is 399. The van der Waals surface area contributed by atoms with Gasteiger partial charge >= 0.3 is 11.1 Å². The summed E-state index contributed by atoms with van der Waals surface area (Å²) in [6, 6.07) is 0. The van der Waals surface area contributed by atoms with Crippen LogP contribution in [0.15, 0.2) is 9.59 Å². The molecule has 10 heavy (non-hydrogen) atoms. The molecule has 0 aliphatic carbocycles. The van der Waals surface area contributed by atoms with Gasteiger partial charge in [0.2, 0.25) is 4.77 Å². The number of hydrogen-bond donors (Lipinski definition) is 3. The molecule has 0 amide bonds. The van der Waals surface area contributed by atoms with E-state index in [0.717, 1.165) is 4.09 Å². The summed E-state index contributed by atoms with van der Waals surface area (Å²) < 4.78 is 1.02. The van der Waals surface area contributed by atoms with Crippen LogP contribution in [-0.2, 0) is 0 Å². The maximum Gasteiger partial charge on any atom is 0.329 e. The van der Waals surface area contributed by atoms with Gasteiger partial charge in [0, 0.05) is 0 Å². The van der Waals surface area contributed by atoms with Gasteiger partial charge in [-0.25, -0.2) is 9.19 Å². The smallest absolute Gasteiger partial charge is 0.292 e. The average molecular weight is 177 g/mol. The van der Waals surface area contributed by atoms with Crippen molar-refractivity contribution >= 4 is 25.0 Å². The van der Waals surface area contributed by atoms with E-state index in [0.29, 0.717) is 0 Å². The van der Waals surface area contributed by atoms with Gasteiger partial charge in [-0.1, -0.05) is 0 Å². The fourth-order valence-electron chi connectivity index (χ4n) is 0.405. The number of nitrogens with zero attached hydrogens (tertiary/aromatic N) is 1. The maximum atomic E-state index is 10.5. The number of aromatic nitrogens is 3. The summed E-state index contributed by atoms with van der Waals surface area (Å²) in [5, 5.41) is 2.08. The predicted octanol–water partition coefficient (Wildman–Crippen LogP) is -0.713. The fourth-order valence-corrected chi connectivity index (χ4v) is 0.684. The van der Waals surface area contributed by atoms with Crippen molar-refractivity contribution in [2.75, 3.05) is 0 Å². The SMILES string of the molecule is O=c1[nH]c(=S)n(S)[nH]c1=O. The van der Waals surface area contributed by atoms with E-state index in [-0.39, 0.29) is 4.77 Å². The second-order valence-electron chi connectivity index (χ2n) is 1.51. The van der Waals surface area contributed by atoms with Crippen LogP contribution in [0.1, 0.15) is 0 Å². The molecule has 0 fully saturated rings. The third kappa shape index (κ3) is 1.19. The van der Waals surface area contributed by atoms with Crippen LogP contribution >= 0.6 is 25.0 Å². The Kier molecular flexibility index (Phi) is 1.77. The number of H-pyrrole nitrogens is 2. The van der Waals surface area contributed by atoms with Gasteiger partial charge in [-0.05, 0) is 25.0 Å². The van der Waals surface area contributed by atoms with Gasteiger partial charge in [-0.15, -0.1) is 0 Å². The van der Waals surface area contributed by atoms with Crippen LogP contribution < -0.4 is 11.1 Å². The summed E-state index contributed by atoms with van der Waals surface area (Å²) in [5.74, 6) is 0. The maximum absolute atomic E-state index is 10.5. The van der Waals surface area contributed by atoms with E-state index in [9.17, 15) is 9.59 Å². The zero-order valence-corrected chi connectivity index (χ0v) is 6.33. The molecule has 0 radical (unpaired) electrons. The van der Waals surface area contributed by atoms with Gasteiger partial charge in [0.05, 0.1) is 0 Å². The summed E-state index contributed by atoms with van der Waals surface area (Å²) in [7, 11) is 0. The minimum Gasteiger partial charge on any atom is -0.292 e. The van der Waals surface area contributed by atoms with Gasteiger partial charge in [-0.2, -0.15) is 0 Å². The summed E-state index contributed by atoms with van der Waals surface area (Å²) >= 11 is 8.26. The van der Waals surface area contributed by atoms with Crippen LogP contribution in [0.4, 0.5) is 0 Å². The third-order valence-electron chi connectivity index (χ3n) is 0.827. The van der Waals surface area contributed by atoms with E-state index in [1.807, 2.05) is 0 Å². The molecule has 0 bridgehead atoms. The Morgan fingerprint density at radius 1 is 1.40 bits per heavy atom. The molecule has 54 valence electrons. The predicted molar refractivity (Wildman–Crippen MR) is 40.9 cm³/mol. The molecule has 5 nitrogen and oxygen atoms in total. The Balaban J connectivity index is 3.76. The van der Waals surface area contributed by atoms with E-state index in [1.165, 1.54) is 0 Å². The molecule has 1 rings (SSSR count). The normalized spacial score (nSPS) is 9.70. The molecule has 7 heteroatoms. The minimum absolute atomic E-state index is 0.0629. The molecule has 0 atom stereocenters. The molecule has 0 aromatic carbocycles. The van der Waals surface area contributed by atoms with E-state index in [1.54, 1.807) is 0 Å². The van der Waals surface area contributed by atoms with Crippen molar-refractivity contribution in [2.24, 2.45) is 0 Å². The first-order chi connectivity index (χ1) is 4.61. The lowest BCUT2D eigenvalue weighted by Crippen LogP contribution is -2.32. The number of aromatic amines is 2. The number of hydrogen-bond acceptors (Lipinski definition) is 4. The van der Waals surface area contributed by atoms with E-state index in [4.69, 9.17) is 0 Å². The van der Waals surface area contributed by atoms with Gasteiger partial charge in [0.25, 0.3) is 0 Å². The van der Waals surface area contributed by atoms with Crippen molar-refractivity contribution in [3.05, 3.63) is 25.5 Å². The largest absolute Gasteiger partial charge is 0.329 e. The minimum atomic E-state index is -0.774. The highest BCUT2D eigenvalue weighted by atomic mass is 32.1. The molecule has 1 aromatic rings. The van der Waals surface area contributed by atoms with Crippen molar-refractivity contribution in [3.8, 4) is 0 Å². The standard InChI is InChI=1S/C3H3N3O2S2/c7-1-2(8)5-6(10)3(9)4-1/h10H,(H,5,8)(H,4,7,9). The van der Waals surface area contributed by atoms with Crippen LogP contribution in [0.3, 0.4) is 0 Å². The van der Waals surface area contributed by atoms with Crippen molar-refractivity contribution in [3.63, 3.8) is 0 Å². The molecule has 0 aliphatic rings. The highest BCUT2D eigenvalue weighted by Gasteiger charge is 1.92. The lowest BCUT2D eigenvalue weighted by atomic mass is 10.8. The fraction of sp³-hybridized carbons (Fsp3) is 0. The summed E-state index contributed by atoms with van der Waals surface area (Å²) in [4.78, 5) is 23.1. The molecule has 0 saturated carbocycles. The first-order valence-electron chi connectivity index (χ1n) is 2.26. The summed E-state index contributed by atoms with van der Waals surface area (Å²) in [6.45, 7) is 0. The second-order valence-corrected chi connectivity index (χ2v) is 2.30.